The first kappa shape index (κ1) is 18.4. The second kappa shape index (κ2) is 5.94. The van der Waals surface area contributed by atoms with Gasteiger partial charge in [-0.3, -0.25) is 9.79 Å². The Morgan fingerprint density at radius 2 is 2.00 bits per heavy atom. The van der Waals surface area contributed by atoms with Crippen LogP contribution in [0.1, 0.15) is 61.2 Å². The second-order valence-electron chi connectivity index (χ2n) is 9.69. The lowest BCUT2D eigenvalue weighted by molar-refractivity contribution is -0.0266. The van der Waals surface area contributed by atoms with E-state index in [9.17, 15) is 9.90 Å². The van der Waals surface area contributed by atoms with E-state index in [0.29, 0.717) is 12.2 Å². The summed E-state index contributed by atoms with van der Waals surface area (Å²) in [5.74, 6) is 0.449. The van der Waals surface area contributed by atoms with Gasteiger partial charge in [0, 0.05) is 35.7 Å². The monoisotopic (exact) mass is 388 g/mol. The normalized spacial score (nSPS) is 26.6. The summed E-state index contributed by atoms with van der Waals surface area (Å²) < 4.78 is 0. The van der Waals surface area contributed by atoms with Gasteiger partial charge in [-0.1, -0.05) is 32.9 Å². The third-order valence-corrected chi connectivity index (χ3v) is 7.97. The van der Waals surface area contributed by atoms with Crippen molar-refractivity contribution in [3.63, 3.8) is 0 Å². The largest absolute Gasteiger partial charge is 0.508 e. The Kier molecular flexibility index (Phi) is 3.77. The lowest BCUT2D eigenvalue weighted by Crippen LogP contribution is -2.64. The van der Waals surface area contributed by atoms with Gasteiger partial charge in [0.05, 0.1) is 5.69 Å². The molecule has 2 bridgehead atoms. The predicted octanol–water partition coefficient (Wildman–Crippen LogP) is 4.80. The van der Waals surface area contributed by atoms with Crippen LogP contribution in [0.3, 0.4) is 0 Å². The quantitative estimate of drug-likeness (QED) is 0.763. The van der Waals surface area contributed by atoms with Crippen molar-refractivity contribution < 1.29 is 9.90 Å². The van der Waals surface area contributed by atoms with E-state index in [-0.39, 0.29) is 22.8 Å². The topological polar surface area (TPSA) is 52.9 Å². The van der Waals surface area contributed by atoms with Gasteiger partial charge in [-0.2, -0.15) is 0 Å². The molecule has 2 aromatic carbocycles. The lowest BCUT2D eigenvalue weighted by Gasteiger charge is -2.60. The molecular weight excluding hydrogens is 360 g/mol. The first-order valence-corrected chi connectivity index (χ1v) is 10.5. The molecule has 150 valence electrons. The Morgan fingerprint density at radius 1 is 1.21 bits per heavy atom. The molecule has 1 N–H and O–H groups in total. The van der Waals surface area contributed by atoms with Crippen molar-refractivity contribution in [2.75, 3.05) is 6.54 Å². The molecule has 5 rings (SSSR count). The molecule has 1 aliphatic carbocycles. The maximum absolute atomic E-state index is 13.6. The van der Waals surface area contributed by atoms with E-state index in [1.165, 1.54) is 5.56 Å². The summed E-state index contributed by atoms with van der Waals surface area (Å²) in [5, 5.41) is 10.6. The van der Waals surface area contributed by atoms with Gasteiger partial charge in [0.1, 0.15) is 5.75 Å². The summed E-state index contributed by atoms with van der Waals surface area (Å²) in [6.45, 7) is 9.63. The number of carbonyl (C=O) groups excluding carboxylic acids is 1. The van der Waals surface area contributed by atoms with E-state index >= 15 is 0 Å². The van der Waals surface area contributed by atoms with E-state index in [1.54, 1.807) is 6.07 Å². The van der Waals surface area contributed by atoms with Gasteiger partial charge in [-0.05, 0) is 66.1 Å². The van der Waals surface area contributed by atoms with Crippen LogP contribution in [0.2, 0.25) is 0 Å². The fraction of sp³-hybridized carbons (Fsp3) is 0.440. The highest BCUT2D eigenvalue weighted by atomic mass is 16.3. The summed E-state index contributed by atoms with van der Waals surface area (Å²) in [6.07, 6.45) is 2.42. The minimum atomic E-state index is -0.0852. The molecule has 2 heterocycles. The van der Waals surface area contributed by atoms with Crippen LogP contribution in [0.15, 0.2) is 41.4 Å². The molecule has 0 spiro atoms. The molecule has 4 nitrogen and oxygen atoms in total. The SMILES string of the molecule is CC1=Nc2ccc(C(=O)N3CC[C@@]4(C)c5cccc(O)c5C[C@@H]3C4(C)C)cc2C1. The Balaban J connectivity index is 1.54. The molecule has 3 aliphatic rings. The van der Waals surface area contributed by atoms with Gasteiger partial charge in [0.2, 0.25) is 0 Å². The lowest BCUT2D eigenvalue weighted by atomic mass is 9.51. The number of aromatic hydroxyl groups is 1. The van der Waals surface area contributed by atoms with E-state index < -0.39 is 0 Å². The second-order valence-corrected chi connectivity index (χ2v) is 9.69. The zero-order chi connectivity index (χ0) is 20.6. The van der Waals surface area contributed by atoms with Crippen LogP contribution in [0.4, 0.5) is 5.69 Å². The van der Waals surface area contributed by atoms with Crippen molar-refractivity contribution in [1.82, 2.24) is 4.90 Å². The Morgan fingerprint density at radius 3 is 2.79 bits per heavy atom. The fourth-order valence-electron chi connectivity index (χ4n) is 5.82. The number of amides is 1. The summed E-state index contributed by atoms with van der Waals surface area (Å²) in [5.41, 5.74) is 6.07. The maximum Gasteiger partial charge on any atom is 0.254 e. The summed E-state index contributed by atoms with van der Waals surface area (Å²) in [6, 6.07) is 11.8. The molecule has 2 atom stereocenters. The van der Waals surface area contributed by atoms with Crippen molar-refractivity contribution in [3.05, 3.63) is 58.7 Å². The van der Waals surface area contributed by atoms with Crippen molar-refractivity contribution in [3.8, 4) is 5.75 Å². The molecule has 4 heteroatoms. The number of nitrogens with zero attached hydrogens (tertiary/aromatic N) is 2. The Hall–Kier alpha value is -2.62. The number of aliphatic imine (C=N–C) groups is 1. The summed E-state index contributed by atoms with van der Waals surface area (Å²) >= 11 is 0. The van der Waals surface area contributed by atoms with Gasteiger partial charge < -0.3 is 10.0 Å². The molecule has 0 aromatic heterocycles. The molecular formula is C25H28N2O2. The van der Waals surface area contributed by atoms with Crippen molar-refractivity contribution in [1.29, 1.82) is 0 Å². The molecule has 2 aromatic rings. The third kappa shape index (κ3) is 2.44. The van der Waals surface area contributed by atoms with Gasteiger partial charge >= 0.3 is 0 Å². The van der Waals surface area contributed by atoms with Crippen molar-refractivity contribution in [2.45, 2.75) is 58.4 Å². The molecule has 0 radical (unpaired) electrons. The average Bonchev–Trinajstić information content (AvgIpc) is 3.04. The van der Waals surface area contributed by atoms with E-state index in [1.807, 2.05) is 31.2 Å². The third-order valence-electron chi connectivity index (χ3n) is 7.97. The van der Waals surface area contributed by atoms with Gasteiger partial charge in [0.15, 0.2) is 0 Å². The van der Waals surface area contributed by atoms with Crippen LogP contribution in [0, 0.1) is 5.41 Å². The van der Waals surface area contributed by atoms with Crippen molar-refractivity contribution in [2.24, 2.45) is 10.4 Å². The number of fused-ring (bicyclic) bond motifs is 5. The zero-order valence-electron chi connectivity index (χ0n) is 17.6. The number of phenolic OH excluding ortho intramolecular Hbond substituents is 1. The molecule has 1 fully saturated rings. The zero-order valence-corrected chi connectivity index (χ0v) is 17.6. The highest BCUT2D eigenvalue weighted by Gasteiger charge is 2.57. The number of likely N-dealkylation sites (tertiary alicyclic amines) is 1. The first-order valence-electron chi connectivity index (χ1n) is 10.5. The van der Waals surface area contributed by atoms with Crippen LogP contribution in [-0.4, -0.2) is 34.2 Å². The minimum absolute atomic E-state index is 0.0563. The first-order chi connectivity index (χ1) is 13.7. The molecule has 2 aliphatic heterocycles. The number of phenols is 1. The fourth-order valence-corrected chi connectivity index (χ4v) is 5.82. The Bertz CT molecular complexity index is 1070. The minimum Gasteiger partial charge on any atom is -0.508 e. The van der Waals surface area contributed by atoms with Gasteiger partial charge in [-0.25, -0.2) is 0 Å². The van der Waals surface area contributed by atoms with E-state index in [4.69, 9.17) is 0 Å². The number of hydrogen-bond donors (Lipinski definition) is 1. The van der Waals surface area contributed by atoms with Gasteiger partial charge in [-0.15, -0.1) is 0 Å². The van der Waals surface area contributed by atoms with Crippen LogP contribution < -0.4 is 0 Å². The predicted molar refractivity (Wildman–Crippen MR) is 115 cm³/mol. The number of piperidine rings is 1. The molecule has 1 amide bonds. The number of hydrogen-bond acceptors (Lipinski definition) is 3. The average molecular weight is 389 g/mol. The smallest absolute Gasteiger partial charge is 0.254 e. The van der Waals surface area contributed by atoms with Gasteiger partial charge in [0.25, 0.3) is 5.91 Å². The molecule has 0 unspecified atom stereocenters. The number of benzene rings is 2. The number of carbonyl (C=O) groups is 1. The molecule has 29 heavy (non-hydrogen) atoms. The maximum atomic E-state index is 13.6. The van der Waals surface area contributed by atoms with Crippen LogP contribution in [-0.2, 0) is 18.3 Å². The van der Waals surface area contributed by atoms with Crippen LogP contribution >= 0.6 is 0 Å². The van der Waals surface area contributed by atoms with Crippen LogP contribution in [0.5, 0.6) is 5.75 Å². The Labute approximate surface area is 172 Å². The number of rotatable bonds is 1. The standard InChI is InChI=1S/C25H28N2O2/c1-15-12-17-13-16(8-9-20(17)26-15)23(29)27-11-10-25(4)19-6-5-7-21(28)18(19)14-22(27)24(25,2)3/h5-9,13,22,28H,10-12,14H2,1-4H3/t22-,25+/m1/s1. The van der Waals surface area contributed by atoms with E-state index in [2.05, 4.69) is 36.7 Å². The van der Waals surface area contributed by atoms with Crippen molar-refractivity contribution >= 4 is 17.3 Å². The molecule has 0 saturated carbocycles. The molecule has 1 saturated heterocycles. The van der Waals surface area contributed by atoms with E-state index in [0.717, 1.165) is 47.5 Å². The summed E-state index contributed by atoms with van der Waals surface area (Å²) in [4.78, 5) is 20.2. The summed E-state index contributed by atoms with van der Waals surface area (Å²) in [7, 11) is 0. The highest BCUT2D eigenvalue weighted by molar-refractivity contribution is 5.98. The highest BCUT2D eigenvalue weighted by Crippen LogP contribution is 2.57. The van der Waals surface area contributed by atoms with Crippen LogP contribution in [0.25, 0.3) is 0 Å².